The molecule has 1 atom stereocenters. The minimum Gasteiger partial charge on any atom is -0.378 e. The first-order valence-electron chi connectivity index (χ1n) is 12.6. The summed E-state index contributed by atoms with van der Waals surface area (Å²) in [7, 11) is 1.49. The van der Waals surface area contributed by atoms with E-state index in [9.17, 15) is 31.9 Å². The summed E-state index contributed by atoms with van der Waals surface area (Å²) in [5.74, 6) is -1.79. The molecule has 3 heterocycles. The van der Waals surface area contributed by atoms with Gasteiger partial charge in [0.05, 0.1) is 47.2 Å². The number of ether oxygens (including phenoxy) is 1. The molecule has 8 nitrogen and oxygen atoms in total. The van der Waals surface area contributed by atoms with Crippen molar-refractivity contribution in [2.24, 2.45) is 0 Å². The molecule has 2 fully saturated rings. The van der Waals surface area contributed by atoms with Gasteiger partial charge >= 0.3 is 6.18 Å². The Morgan fingerprint density at radius 3 is 2.52 bits per heavy atom. The quantitative estimate of drug-likeness (QED) is 0.438. The number of amides is 2. The number of benzene rings is 2. The Hall–Kier alpha value is -3.45. The van der Waals surface area contributed by atoms with E-state index < -0.39 is 41.0 Å². The van der Waals surface area contributed by atoms with E-state index in [-0.39, 0.29) is 58.4 Å². The normalized spacial score (nSPS) is 17.9. The summed E-state index contributed by atoms with van der Waals surface area (Å²) < 4.78 is 62.5. The molecule has 2 aliphatic rings. The largest absolute Gasteiger partial charge is 0.418 e. The topological polar surface area (TPSA) is 86.0 Å². The molecule has 0 saturated carbocycles. The molecule has 13 heteroatoms. The van der Waals surface area contributed by atoms with Gasteiger partial charge in [0.25, 0.3) is 11.8 Å². The third kappa shape index (κ3) is 5.31. The van der Waals surface area contributed by atoms with Crippen LogP contribution in [0, 0.1) is 5.82 Å². The highest BCUT2D eigenvalue weighted by Gasteiger charge is 2.41. The van der Waals surface area contributed by atoms with Crippen LogP contribution in [0.25, 0.3) is 10.9 Å². The van der Waals surface area contributed by atoms with Crippen molar-refractivity contribution in [1.82, 2.24) is 14.8 Å². The molecule has 40 heavy (non-hydrogen) atoms. The number of likely N-dealkylation sites (N-methyl/N-ethyl adjacent to an activating group) is 1. The fourth-order valence-electron chi connectivity index (χ4n) is 5.29. The summed E-state index contributed by atoms with van der Waals surface area (Å²) in [6.45, 7) is 1.28. The molecule has 3 aromatic rings. The second kappa shape index (κ2) is 10.8. The number of pyridine rings is 1. The number of anilines is 1. The monoisotopic (exact) mass is 624 g/mol. The second-order valence-electron chi connectivity index (χ2n) is 9.77. The Kier molecular flexibility index (Phi) is 7.62. The van der Waals surface area contributed by atoms with Crippen LogP contribution >= 0.6 is 15.9 Å². The van der Waals surface area contributed by atoms with Crippen LogP contribution in [0.2, 0.25) is 0 Å². The lowest BCUT2D eigenvalue weighted by molar-refractivity contribution is -0.137. The van der Waals surface area contributed by atoms with Gasteiger partial charge in [0.2, 0.25) is 5.56 Å². The zero-order chi connectivity index (χ0) is 28.8. The maximum Gasteiger partial charge on any atom is 0.418 e. The predicted octanol–water partition coefficient (Wildman–Crippen LogP) is 4.27. The molecule has 1 aromatic heterocycles. The molecular weight excluding hydrogens is 600 g/mol. The number of alkyl halides is 3. The smallest absolute Gasteiger partial charge is 0.378 e. The molecular formula is C27H25BrF4N4O4. The molecule has 0 unspecified atom stereocenters. The van der Waals surface area contributed by atoms with Crippen LogP contribution in [0.3, 0.4) is 0 Å². The Morgan fingerprint density at radius 1 is 1.10 bits per heavy atom. The lowest BCUT2D eigenvalue weighted by Gasteiger charge is -2.31. The number of morpholine rings is 1. The molecule has 5 rings (SSSR count). The van der Waals surface area contributed by atoms with Crippen LogP contribution < -0.4 is 10.5 Å². The van der Waals surface area contributed by atoms with Crippen LogP contribution in [0.1, 0.15) is 32.7 Å². The maximum absolute atomic E-state index is 14.3. The van der Waals surface area contributed by atoms with Crippen molar-refractivity contribution in [3.05, 3.63) is 73.7 Å². The molecule has 0 aliphatic carbocycles. The molecule has 212 valence electrons. The van der Waals surface area contributed by atoms with E-state index in [2.05, 4.69) is 20.9 Å². The zero-order valence-corrected chi connectivity index (χ0v) is 22.9. The number of nitrogens with one attached hydrogen (secondary N) is 1. The molecule has 0 bridgehead atoms. The summed E-state index contributed by atoms with van der Waals surface area (Å²) >= 11 is 3.13. The second-order valence-corrected chi connectivity index (χ2v) is 10.7. The predicted molar refractivity (Wildman–Crippen MR) is 143 cm³/mol. The van der Waals surface area contributed by atoms with Gasteiger partial charge in [-0.3, -0.25) is 14.4 Å². The van der Waals surface area contributed by atoms with Crippen LogP contribution in [0.15, 0.2) is 45.7 Å². The maximum atomic E-state index is 14.3. The zero-order valence-electron chi connectivity index (χ0n) is 21.4. The van der Waals surface area contributed by atoms with E-state index in [4.69, 9.17) is 4.74 Å². The number of H-pyrrole nitrogens is 1. The van der Waals surface area contributed by atoms with Gasteiger partial charge in [-0.15, -0.1) is 0 Å². The number of aromatic amines is 1. The fraction of sp³-hybridized carbons (Fsp3) is 0.370. The first-order chi connectivity index (χ1) is 19.0. The average molecular weight is 625 g/mol. The SMILES string of the molecule is CN(C(=O)c1cc(=O)[nH]c2c(F)cccc12)[C@@H]1CCN(c2c(C(=O)N3CCOCC3)cc(Br)cc2C(F)(F)F)C1. The summed E-state index contributed by atoms with van der Waals surface area (Å²) in [5.41, 5.74) is -2.05. The summed E-state index contributed by atoms with van der Waals surface area (Å²) in [6, 6.07) is 6.99. The highest BCUT2D eigenvalue weighted by Crippen LogP contribution is 2.42. The van der Waals surface area contributed by atoms with Gasteiger partial charge < -0.3 is 24.4 Å². The van der Waals surface area contributed by atoms with Crippen molar-refractivity contribution < 1.29 is 31.9 Å². The fourth-order valence-corrected chi connectivity index (χ4v) is 5.75. The number of rotatable bonds is 4. The molecule has 0 spiro atoms. The first kappa shape index (κ1) is 28.1. The lowest BCUT2D eigenvalue weighted by Crippen LogP contribution is -2.42. The number of aromatic nitrogens is 1. The van der Waals surface area contributed by atoms with Crippen molar-refractivity contribution in [3.63, 3.8) is 0 Å². The van der Waals surface area contributed by atoms with Gasteiger partial charge in [0, 0.05) is 49.2 Å². The molecule has 0 radical (unpaired) electrons. The van der Waals surface area contributed by atoms with Crippen LogP contribution in [-0.4, -0.2) is 79.1 Å². The Bertz CT molecular complexity index is 1540. The highest BCUT2D eigenvalue weighted by atomic mass is 79.9. The Morgan fingerprint density at radius 2 is 1.82 bits per heavy atom. The van der Waals surface area contributed by atoms with Crippen molar-refractivity contribution in [3.8, 4) is 0 Å². The average Bonchev–Trinajstić information content (AvgIpc) is 3.41. The molecule has 2 aromatic carbocycles. The standard InChI is InChI=1S/C27H25BrF4N4O4/c1-34(25(38)18-13-22(37)33-23-17(18)3-2-4-21(23)29)16-5-6-36(14-16)24-19(26(39)35-7-9-40-10-8-35)11-15(28)12-20(24)27(30,31)32/h2-4,11-13,16H,5-10,14H2,1H3,(H,33,37)/t16-/m1/s1. The van der Waals surface area contributed by atoms with E-state index in [1.165, 1.54) is 39.9 Å². The van der Waals surface area contributed by atoms with Gasteiger partial charge in [0.15, 0.2) is 0 Å². The minimum atomic E-state index is -4.74. The number of hydrogen-bond acceptors (Lipinski definition) is 5. The van der Waals surface area contributed by atoms with E-state index in [0.29, 0.717) is 19.6 Å². The number of carbonyl (C=O) groups is 2. The number of para-hydroxylation sites is 1. The summed E-state index contributed by atoms with van der Waals surface area (Å²) in [5, 5.41) is 0.219. The van der Waals surface area contributed by atoms with Crippen molar-refractivity contribution in [1.29, 1.82) is 0 Å². The number of hydrogen-bond donors (Lipinski definition) is 1. The third-order valence-corrected chi connectivity index (χ3v) is 7.77. The number of carbonyl (C=O) groups excluding carboxylic acids is 2. The lowest BCUT2D eigenvalue weighted by atomic mass is 10.0. The minimum absolute atomic E-state index is 0.0120. The van der Waals surface area contributed by atoms with E-state index in [1.54, 1.807) is 0 Å². The van der Waals surface area contributed by atoms with Gasteiger partial charge in [0.1, 0.15) is 5.82 Å². The van der Waals surface area contributed by atoms with Crippen molar-refractivity contribution in [2.75, 3.05) is 51.3 Å². The van der Waals surface area contributed by atoms with Gasteiger partial charge in [-0.2, -0.15) is 13.2 Å². The van der Waals surface area contributed by atoms with Gasteiger partial charge in [-0.05, 0) is 24.6 Å². The van der Waals surface area contributed by atoms with E-state index in [1.807, 2.05) is 0 Å². The van der Waals surface area contributed by atoms with E-state index >= 15 is 0 Å². The Labute approximate surface area is 234 Å². The molecule has 2 aliphatic heterocycles. The highest BCUT2D eigenvalue weighted by molar-refractivity contribution is 9.10. The molecule has 1 N–H and O–H groups in total. The van der Waals surface area contributed by atoms with Gasteiger partial charge in [-0.25, -0.2) is 4.39 Å². The number of fused-ring (bicyclic) bond motifs is 1. The summed E-state index contributed by atoms with van der Waals surface area (Å²) in [6.07, 6.45) is -4.43. The van der Waals surface area contributed by atoms with Gasteiger partial charge in [-0.1, -0.05) is 28.1 Å². The molecule has 2 saturated heterocycles. The number of nitrogens with zero attached hydrogens (tertiary/aromatic N) is 3. The van der Waals surface area contributed by atoms with Crippen molar-refractivity contribution >= 4 is 44.3 Å². The van der Waals surface area contributed by atoms with E-state index in [0.717, 1.165) is 18.2 Å². The van der Waals surface area contributed by atoms with Crippen LogP contribution in [0.5, 0.6) is 0 Å². The number of halogens is 5. The summed E-state index contributed by atoms with van der Waals surface area (Å²) in [4.78, 5) is 45.8. The van der Waals surface area contributed by atoms with Crippen LogP contribution in [0.4, 0.5) is 23.2 Å². The van der Waals surface area contributed by atoms with Crippen LogP contribution in [-0.2, 0) is 10.9 Å². The molecule has 2 amide bonds. The third-order valence-electron chi connectivity index (χ3n) is 7.31. The Balaban J connectivity index is 1.48. The van der Waals surface area contributed by atoms with Crippen molar-refractivity contribution in [2.45, 2.75) is 18.6 Å². The first-order valence-corrected chi connectivity index (χ1v) is 13.4.